The third-order valence-corrected chi connectivity index (χ3v) is 3.26. The Hall–Kier alpha value is -2.15. The summed E-state index contributed by atoms with van der Waals surface area (Å²) in [6.45, 7) is 4.88. The van der Waals surface area contributed by atoms with Crippen LogP contribution in [0.4, 0.5) is 8.78 Å². The van der Waals surface area contributed by atoms with Crippen molar-refractivity contribution in [1.29, 1.82) is 0 Å². The van der Waals surface area contributed by atoms with Gasteiger partial charge in [-0.1, -0.05) is 24.6 Å². The second-order valence-electron chi connectivity index (χ2n) is 5.60. The van der Waals surface area contributed by atoms with Crippen molar-refractivity contribution in [1.82, 2.24) is 5.32 Å². The first-order chi connectivity index (χ1) is 11.1. The van der Waals surface area contributed by atoms with Gasteiger partial charge in [0.2, 0.25) is 0 Å². The van der Waals surface area contributed by atoms with E-state index >= 15 is 0 Å². The van der Waals surface area contributed by atoms with Crippen LogP contribution in [0.2, 0.25) is 5.02 Å². The molecule has 0 heterocycles. The molecule has 0 spiro atoms. The van der Waals surface area contributed by atoms with Gasteiger partial charge >= 0.3 is 5.97 Å². The number of ether oxygens (including phenoxy) is 1. The number of carboxylic acid groups (broad SMARTS) is 1. The average Bonchev–Trinajstić information content (AvgIpc) is 2.47. The van der Waals surface area contributed by atoms with Crippen molar-refractivity contribution in [3.8, 4) is 5.75 Å². The summed E-state index contributed by atoms with van der Waals surface area (Å²) in [5, 5.41) is 10.8. The largest absolute Gasteiger partial charge is 0.480 e. The quantitative estimate of drug-likeness (QED) is 0.577. The van der Waals surface area contributed by atoms with E-state index in [2.05, 4.69) is 5.32 Å². The van der Waals surface area contributed by atoms with Crippen LogP contribution < -0.4 is 10.1 Å². The van der Waals surface area contributed by atoms with E-state index in [9.17, 15) is 18.4 Å². The zero-order chi connectivity index (χ0) is 18.5. The number of hydrogen-bond acceptors (Lipinski definition) is 3. The molecule has 0 aliphatic carbocycles. The van der Waals surface area contributed by atoms with Crippen LogP contribution in [0.25, 0.3) is 0 Å². The SMILES string of the molecule is CCC(Oc1cc(F)c(F)c(Cl)c1)C(=O)NC(C)(C)/C=C/C(=O)O. The highest BCUT2D eigenvalue weighted by atomic mass is 35.5. The van der Waals surface area contributed by atoms with Crippen molar-refractivity contribution >= 4 is 23.5 Å². The number of halogens is 3. The molecule has 1 unspecified atom stereocenters. The molecule has 132 valence electrons. The maximum absolute atomic E-state index is 13.3. The Bertz CT molecular complexity index is 638. The number of benzene rings is 1. The standard InChI is InChI=1S/C16H18ClF2NO4/c1-4-12(15(23)20-16(2,3)6-5-13(21)22)24-9-7-10(17)14(19)11(18)8-9/h5-8,12H,4H2,1-3H3,(H,20,23)(H,21,22)/b6-5+. The first kappa shape index (κ1) is 19.9. The molecule has 0 aromatic heterocycles. The van der Waals surface area contributed by atoms with Gasteiger partial charge in [0.1, 0.15) is 5.75 Å². The second-order valence-corrected chi connectivity index (χ2v) is 6.01. The topological polar surface area (TPSA) is 75.6 Å². The first-order valence-electron chi connectivity index (χ1n) is 7.11. The zero-order valence-electron chi connectivity index (χ0n) is 13.4. The van der Waals surface area contributed by atoms with Gasteiger partial charge in [0.15, 0.2) is 17.7 Å². The van der Waals surface area contributed by atoms with Gasteiger partial charge in [-0.25, -0.2) is 13.6 Å². The predicted molar refractivity (Wildman–Crippen MR) is 85.1 cm³/mol. The number of rotatable bonds is 7. The Labute approximate surface area is 143 Å². The fraction of sp³-hybridized carbons (Fsp3) is 0.375. The summed E-state index contributed by atoms with van der Waals surface area (Å²) in [4.78, 5) is 22.8. The summed E-state index contributed by atoms with van der Waals surface area (Å²) in [7, 11) is 0. The fourth-order valence-corrected chi connectivity index (χ4v) is 2.00. The van der Waals surface area contributed by atoms with E-state index in [1.54, 1.807) is 20.8 Å². The van der Waals surface area contributed by atoms with Gasteiger partial charge < -0.3 is 15.2 Å². The third-order valence-electron chi connectivity index (χ3n) is 2.99. The number of carboxylic acids is 1. The molecular formula is C16H18ClF2NO4. The molecule has 0 saturated heterocycles. The van der Waals surface area contributed by atoms with Crippen molar-refractivity contribution in [2.24, 2.45) is 0 Å². The molecule has 0 aliphatic heterocycles. The van der Waals surface area contributed by atoms with Crippen molar-refractivity contribution in [2.45, 2.75) is 38.8 Å². The number of carbonyl (C=O) groups excluding carboxylic acids is 1. The third kappa shape index (κ3) is 5.81. The number of carbonyl (C=O) groups is 2. The molecule has 1 aromatic carbocycles. The molecule has 1 aromatic rings. The smallest absolute Gasteiger partial charge is 0.328 e. The van der Waals surface area contributed by atoms with Crippen LogP contribution in [0, 0.1) is 11.6 Å². The van der Waals surface area contributed by atoms with Gasteiger partial charge in [-0.05, 0) is 20.3 Å². The van der Waals surface area contributed by atoms with Crippen molar-refractivity contribution in [3.05, 3.63) is 40.9 Å². The number of hydrogen-bond donors (Lipinski definition) is 2. The molecule has 1 atom stereocenters. The van der Waals surface area contributed by atoms with Gasteiger partial charge in [0.25, 0.3) is 5.91 Å². The zero-order valence-corrected chi connectivity index (χ0v) is 14.2. The summed E-state index contributed by atoms with van der Waals surface area (Å²) in [5.41, 5.74) is -0.933. The summed E-state index contributed by atoms with van der Waals surface area (Å²) >= 11 is 5.54. The van der Waals surface area contributed by atoms with Crippen LogP contribution in [-0.4, -0.2) is 28.6 Å². The molecule has 0 aliphatic rings. The normalized spacial score (nSPS) is 12.9. The Morgan fingerprint density at radius 2 is 2.04 bits per heavy atom. The Kier molecular flexibility index (Phi) is 6.71. The minimum Gasteiger partial charge on any atom is -0.480 e. The van der Waals surface area contributed by atoms with E-state index in [-0.39, 0.29) is 12.2 Å². The number of amides is 1. The molecule has 5 nitrogen and oxygen atoms in total. The highest BCUT2D eigenvalue weighted by Gasteiger charge is 2.25. The fourth-order valence-electron chi connectivity index (χ4n) is 1.81. The molecule has 0 radical (unpaired) electrons. The van der Waals surface area contributed by atoms with E-state index in [4.69, 9.17) is 21.4 Å². The summed E-state index contributed by atoms with van der Waals surface area (Å²) in [5.74, 6) is -4.13. The minimum absolute atomic E-state index is 0.0835. The van der Waals surface area contributed by atoms with E-state index in [1.807, 2.05) is 0 Å². The van der Waals surface area contributed by atoms with Crippen LogP contribution in [0.5, 0.6) is 5.75 Å². The number of nitrogens with one attached hydrogen (secondary N) is 1. The lowest BCUT2D eigenvalue weighted by Gasteiger charge is -2.26. The van der Waals surface area contributed by atoms with Crippen molar-refractivity contribution in [3.63, 3.8) is 0 Å². The highest BCUT2D eigenvalue weighted by Crippen LogP contribution is 2.25. The van der Waals surface area contributed by atoms with Crippen molar-refractivity contribution < 1.29 is 28.2 Å². The number of aliphatic carboxylic acids is 1. The lowest BCUT2D eigenvalue weighted by molar-refractivity contribution is -0.132. The Balaban J connectivity index is 2.86. The van der Waals surface area contributed by atoms with Gasteiger partial charge in [0, 0.05) is 18.2 Å². The second kappa shape index (κ2) is 8.10. The molecule has 2 N–H and O–H groups in total. The maximum atomic E-state index is 13.3. The molecule has 1 rings (SSSR count). The van der Waals surface area contributed by atoms with Crippen LogP contribution >= 0.6 is 11.6 Å². The molecular weight excluding hydrogens is 344 g/mol. The van der Waals surface area contributed by atoms with E-state index in [0.717, 1.165) is 18.2 Å². The molecule has 0 bridgehead atoms. The molecule has 0 saturated carbocycles. The van der Waals surface area contributed by atoms with Crippen LogP contribution in [0.1, 0.15) is 27.2 Å². The summed E-state index contributed by atoms with van der Waals surface area (Å²) < 4.78 is 31.9. The minimum atomic E-state index is -1.19. The van der Waals surface area contributed by atoms with Crippen LogP contribution in [0.15, 0.2) is 24.3 Å². The maximum Gasteiger partial charge on any atom is 0.328 e. The highest BCUT2D eigenvalue weighted by molar-refractivity contribution is 6.30. The van der Waals surface area contributed by atoms with Gasteiger partial charge in [-0.15, -0.1) is 0 Å². The molecule has 24 heavy (non-hydrogen) atoms. The Morgan fingerprint density at radius 1 is 1.42 bits per heavy atom. The Morgan fingerprint density at radius 3 is 2.54 bits per heavy atom. The first-order valence-corrected chi connectivity index (χ1v) is 7.49. The van der Waals surface area contributed by atoms with Gasteiger partial charge in [0.05, 0.1) is 10.6 Å². The molecule has 1 amide bonds. The van der Waals surface area contributed by atoms with Gasteiger partial charge in [-0.3, -0.25) is 4.79 Å². The summed E-state index contributed by atoms with van der Waals surface area (Å²) in [6.07, 6.45) is 1.50. The molecule has 0 fully saturated rings. The molecule has 8 heteroatoms. The lowest BCUT2D eigenvalue weighted by Crippen LogP contribution is -2.48. The van der Waals surface area contributed by atoms with E-state index < -0.39 is 40.2 Å². The van der Waals surface area contributed by atoms with Gasteiger partial charge in [-0.2, -0.15) is 0 Å². The van der Waals surface area contributed by atoms with E-state index in [0.29, 0.717) is 0 Å². The van der Waals surface area contributed by atoms with E-state index in [1.165, 1.54) is 6.08 Å². The van der Waals surface area contributed by atoms with Crippen LogP contribution in [-0.2, 0) is 9.59 Å². The summed E-state index contributed by atoms with van der Waals surface area (Å²) in [6, 6.07) is 1.87. The van der Waals surface area contributed by atoms with Crippen molar-refractivity contribution in [2.75, 3.05) is 0 Å². The predicted octanol–water partition coefficient (Wildman–Crippen LogP) is 3.31. The lowest BCUT2D eigenvalue weighted by atomic mass is 10.0. The average molecular weight is 362 g/mol. The van der Waals surface area contributed by atoms with Crippen LogP contribution in [0.3, 0.4) is 0 Å². The monoisotopic (exact) mass is 361 g/mol.